The Kier molecular flexibility index (Phi) is 5.61. The van der Waals surface area contributed by atoms with Crippen LogP contribution in [-0.2, 0) is 16.1 Å². The van der Waals surface area contributed by atoms with Crippen LogP contribution < -0.4 is 0 Å². The van der Waals surface area contributed by atoms with E-state index in [1.807, 2.05) is 18.2 Å². The zero-order valence-corrected chi connectivity index (χ0v) is 14.3. The monoisotopic (exact) mass is 339 g/mol. The van der Waals surface area contributed by atoms with Crippen LogP contribution in [0.5, 0.6) is 0 Å². The van der Waals surface area contributed by atoms with Gasteiger partial charge >= 0.3 is 5.97 Å². The second-order valence-corrected chi connectivity index (χ2v) is 6.35. The summed E-state index contributed by atoms with van der Waals surface area (Å²) in [4.78, 5) is 13.6. The zero-order valence-electron chi connectivity index (χ0n) is 14.3. The third-order valence-corrected chi connectivity index (χ3v) is 4.40. The minimum absolute atomic E-state index is 0.0758. The van der Waals surface area contributed by atoms with Crippen molar-refractivity contribution in [3.8, 4) is 0 Å². The highest BCUT2D eigenvalue weighted by molar-refractivity contribution is 5.70. The van der Waals surface area contributed by atoms with Crippen LogP contribution >= 0.6 is 0 Å². The van der Waals surface area contributed by atoms with Crippen LogP contribution in [0.1, 0.15) is 18.1 Å². The quantitative estimate of drug-likeness (QED) is 0.774. The molecule has 0 amide bonds. The van der Waals surface area contributed by atoms with Crippen molar-refractivity contribution in [2.45, 2.75) is 13.5 Å². The molecule has 0 spiro atoms. The van der Waals surface area contributed by atoms with Crippen molar-refractivity contribution in [2.24, 2.45) is 5.92 Å². The minimum Gasteiger partial charge on any atom is -0.465 e. The number of nitrogens with zero attached hydrogens (tertiary/aromatic N) is 1. The SMILES string of the molecule is CC(=O)OCC1CN(Cc2ccccc2)CC=C1c1ccc(F)cc1. The largest absolute Gasteiger partial charge is 0.465 e. The molecule has 2 aromatic rings. The first kappa shape index (κ1) is 17.4. The van der Waals surface area contributed by atoms with Gasteiger partial charge < -0.3 is 4.74 Å². The lowest BCUT2D eigenvalue weighted by molar-refractivity contribution is -0.141. The lowest BCUT2D eigenvalue weighted by atomic mass is 9.89. The van der Waals surface area contributed by atoms with E-state index in [2.05, 4.69) is 23.1 Å². The fraction of sp³-hybridized carbons (Fsp3) is 0.286. The molecule has 130 valence electrons. The molecule has 0 fully saturated rings. The molecule has 0 saturated carbocycles. The van der Waals surface area contributed by atoms with Crippen molar-refractivity contribution in [3.05, 3.63) is 77.6 Å². The maximum atomic E-state index is 13.2. The van der Waals surface area contributed by atoms with E-state index in [0.29, 0.717) is 6.61 Å². The molecular weight excluding hydrogens is 317 g/mol. The highest BCUT2D eigenvalue weighted by Gasteiger charge is 2.25. The Morgan fingerprint density at radius 1 is 1.16 bits per heavy atom. The Balaban J connectivity index is 1.77. The molecule has 4 heteroatoms. The summed E-state index contributed by atoms with van der Waals surface area (Å²) in [6, 6.07) is 16.8. The lowest BCUT2D eigenvalue weighted by Gasteiger charge is -2.33. The number of hydrogen-bond acceptors (Lipinski definition) is 3. The molecule has 1 atom stereocenters. The van der Waals surface area contributed by atoms with Crippen LogP contribution in [0.4, 0.5) is 4.39 Å². The summed E-state index contributed by atoms with van der Waals surface area (Å²) in [5.41, 5.74) is 3.36. The number of ether oxygens (including phenoxy) is 1. The maximum Gasteiger partial charge on any atom is 0.302 e. The first-order valence-electron chi connectivity index (χ1n) is 8.47. The number of benzene rings is 2. The maximum absolute atomic E-state index is 13.2. The van der Waals surface area contributed by atoms with Gasteiger partial charge in [-0.1, -0.05) is 48.5 Å². The van der Waals surface area contributed by atoms with E-state index < -0.39 is 0 Å². The topological polar surface area (TPSA) is 29.5 Å². The van der Waals surface area contributed by atoms with Crippen molar-refractivity contribution in [2.75, 3.05) is 19.7 Å². The molecule has 25 heavy (non-hydrogen) atoms. The predicted molar refractivity (Wildman–Crippen MR) is 96.2 cm³/mol. The summed E-state index contributed by atoms with van der Waals surface area (Å²) in [5, 5.41) is 0. The van der Waals surface area contributed by atoms with E-state index in [1.165, 1.54) is 24.6 Å². The van der Waals surface area contributed by atoms with E-state index in [4.69, 9.17) is 4.74 Å². The summed E-state index contributed by atoms with van der Waals surface area (Å²) >= 11 is 0. The van der Waals surface area contributed by atoms with Gasteiger partial charge in [0.25, 0.3) is 0 Å². The third kappa shape index (κ3) is 4.77. The Morgan fingerprint density at radius 2 is 1.88 bits per heavy atom. The molecule has 1 unspecified atom stereocenters. The second-order valence-electron chi connectivity index (χ2n) is 6.35. The summed E-state index contributed by atoms with van der Waals surface area (Å²) in [5.74, 6) is -0.451. The molecule has 2 aromatic carbocycles. The minimum atomic E-state index is -0.279. The number of esters is 1. The fourth-order valence-electron chi connectivity index (χ4n) is 3.21. The third-order valence-electron chi connectivity index (χ3n) is 4.40. The van der Waals surface area contributed by atoms with E-state index >= 15 is 0 Å². The van der Waals surface area contributed by atoms with Crippen LogP contribution in [0.25, 0.3) is 5.57 Å². The highest BCUT2D eigenvalue weighted by atomic mass is 19.1. The zero-order chi connectivity index (χ0) is 17.6. The smallest absolute Gasteiger partial charge is 0.302 e. The van der Waals surface area contributed by atoms with Crippen molar-refractivity contribution in [3.63, 3.8) is 0 Å². The summed E-state index contributed by atoms with van der Waals surface area (Å²) in [7, 11) is 0. The number of carbonyl (C=O) groups is 1. The van der Waals surface area contributed by atoms with Crippen LogP contribution in [0.15, 0.2) is 60.7 Å². The van der Waals surface area contributed by atoms with Crippen molar-refractivity contribution < 1.29 is 13.9 Å². The van der Waals surface area contributed by atoms with Gasteiger partial charge in [0, 0.05) is 32.5 Å². The first-order valence-corrected chi connectivity index (χ1v) is 8.47. The Morgan fingerprint density at radius 3 is 2.56 bits per heavy atom. The number of hydrogen-bond donors (Lipinski definition) is 0. The highest BCUT2D eigenvalue weighted by Crippen LogP contribution is 2.29. The standard InChI is InChI=1S/C21H22FNO2/c1-16(24)25-15-19-14-23(13-17-5-3-2-4-6-17)12-11-21(19)18-7-9-20(22)10-8-18/h2-11,19H,12-15H2,1H3. The molecule has 0 bridgehead atoms. The molecule has 1 heterocycles. The van der Waals surface area contributed by atoms with E-state index in [9.17, 15) is 9.18 Å². The Labute approximate surface area is 147 Å². The molecule has 3 rings (SSSR count). The van der Waals surface area contributed by atoms with Crippen molar-refractivity contribution in [1.82, 2.24) is 4.90 Å². The molecule has 0 aliphatic carbocycles. The summed E-state index contributed by atoms with van der Waals surface area (Å²) in [6.45, 7) is 4.23. The van der Waals surface area contributed by atoms with Crippen LogP contribution in [0.3, 0.4) is 0 Å². The molecule has 3 nitrogen and oxygen atoms in total. The molecule has 1 aliphatic heterocycles. The average molecular weight is 339 g/mol. The average Bonchev–Trinajstić information content (AvgIpc) is 2.62. The van der Waals surface area contributed by atoms with Crippen LogP contribution in [0, 0.1) is 11.7 Å². The van der Waals surface area contributed by atoms with Gasteiger partial charge in [0.1, 0.15) is 5.82 Å². The summed E-state index contributed by atoms with van der Waals surface area (Å²) < 4.78 is 18.5. The van der Waals surface area contributed by atoms with Gasteiger partial charge in [-0.15, -0.1) is 0 Å². The van der Waals surface area contributed by atoms with E-state index in [0.717, 1.165) is 30.8 Å². The molecule has 0 saturated heterocycles. The van der Waals surface area contributed by atoms with Crippen LogP contribution in [0.2, 0.25) is 0 Å². The van der Waals surface area contributed by atoms with Gasteiger partial charge in [-0.05, 0) is 28.8 Å². The first-order chi connectivity index (χ1) is 12.1. The number of carbonyl (C=O) groups excluding carboxylic acids is 1. The van der Waals surface area contributed by atoms with Gasteiger partial charge in [-0.3, -0.25) is 9.69 Å². The summed E-state index contributed by atoms with van der Waals surface area (Å²) in [6.07, 6.45) is 2.16. The Bertz CT molecular complexity index is 740. The molecular formula is C21H22FNO2. The predicted octanol–water partition coefficient (Wildman–Crippen LogP) is 3.90. The number of rotatable bonds is 5. The van der Waals surface area contributed by atoms with E-state index in [-0.39, 0.29) is 17.7 Å². The lowest BCUT2D eigenvalue weighted by Crippen LogP contribution is -2.36. The fourth-order valence-corrected chi connectivity index (χ4v) is 3.21. The Hall–Kier alpha value is -2.46. The van der Waals surface area contributed by atoms with Gasteiger partial charge in [-0.2, -0.15) is 0 Å². The number of halogens is 1. The van der Waals surface area contributed by atoms with Gasteiger partial charge in [0.2, 0.25) is 0 Å². The van der Waals surface area contributed by atoms with Crippen LogP contribution in [-0.4, -0.2) is 30.6 Å². The second kappa shape index (κ2) is 8.08. The van der Waals surface area contributed by atoms with Gasteiger partial charge in [0.15, 0.2) is 0 Å². The normalized spacial score (nSPS) is 17.8. The molecule has 0 aromatic heterocycles. The van der Waals surface area contributed by atoms with Gasteiger partial charge in [-0.25, -0.2) is 4.39 Å². The molecule has 1 aliphatic rings. The van der Waals surface area contributed by atoms with Crippen molar-refractivity contribution in [1.29, 1.82) is 0 Å². The molecule has 0 radical (unpaired) electrons. The van der Waals surface area contributed by atoms with Gasteiger partial charge in [0.05, 0.1) is 6.61 Å². The van der Waals surface area contributed by atoms with E-state index in [1.54, 1.807) is 12.1 Å². The molecule has 0 N–H and O–H groups in total. The van der Waals surface area contributed by atoms with Crippen molar-refractivity contribution >= 4 is 11.5 Å².